The second-order valence-electron chi connectivity index (χ2n) is 6.78. The molecule has 2 aromatic heterocycles. The second kappa shape index (κ2) is 9.05. The summed E-state index contributed by atoms with van der Waals surface area (Å²) in [5, 5.41) is 0.626. The van der Waals surface area contributed by atoms with E-state index in [2.05, 4.69) is 14.7 Å². The first-order chi connectivity index (χ1) is 15.0. The van der Waals surface area contributed by atoms with E-state index < -0.39 is 10.0 Å². The Hall–Kier alpha value is -2.94. The van der Waals surface area contributed by atoms with Crippen molar-refractivity contribution >= 4 is 32.8 Å². The van der Waals surface area contributed by atoms with Crippen LogP contribution in [0.15, 0.2) is 71.8 Å². The summed E-state index contributed by atoms with van der Waals surface area (Å²) in [6.45, 7) is 2.82. The van der Waals surface area contributed by atoms with Gasteiger partial charge >= 0.3 is 0 Å². The van der Waals surface area contributed by atoms with Crippen molar-refractivity contribution in [1.29, 1.82) is 0 Å². The van der Waals surface area contributed by atoms with Crippen molar-refractivity contribution in [2.45, 2.75) is 24.9 Å². The van der Waals surface area contributed by atoms with Crippen LogP contribution in [0.5, 0.6) is 5.75 Å². The van der Waals surface area contributed by atoms with Crippen molar-refractivity contribution in [1.82, 2.24) is 19.3 Å². The molecule has 7 nitrogen and oxygen atoms in total. The van der Waals surface area contributed by atoms with E-state index in [9.17, 15) is 8.42 Å². The highest BCUT2D eigenvalue weighted by molar-refractivity contribution is 7.89. The lowest BCUT2D eigenvalue weighted by Gasteiger charge is -2.11. The highest BCUT2D eigenvalue weighted by atomic mass is 35.5. The number of halogens is 1. The Morgan fingerprint density at radius 1 is 1.06 bits per heavy atom. The topological polar surface area (TPSA) is 86.1 Å². The van der Waals surface area contributed by atoms with Crippen LogP contribution < -0.4 is 9.46 Å². The Balaban J connectivity index is 1.61. The van der Waals surface area contributed by atoms with Gasteiger partial charge in [0.2, 0.25) is 10.0 Å². The van der Waals surface area contributed by atoms with Crippen molar-refractivity contribution in [3.63, 3.8) is 0 Å². The van der Waals surface area contributed by atoms with Gasteiger partial charge in [-0.15, -0.1) is 0 Å². The minimum absolute atomic E-state index is 0.0103. The third kappa shape index (κ3) is 4.71. The van der Waals surface area contributed by atoms with E-state index in [0.29, 0.717) is 40.9 Å². The van der Waals surface area contributed by atoms with E-state index in [1.807, 2.05) is 41.8 Å². The zero-order chi connectivity index (χ0) is 21.8. The fourth-order valence-electron chi connectivity index (χ4n) is 3.23. The minimum atomic E-state index is -3.73. The number of benzene rings is 2. The summed E-state index contributed by atoms with van der Waals surface area (Å²) in [5.41, 5.74) is 2.24. The molecule has 0 bridgehead atoms. The van der Waals surface area contributed by atoms with Crippen LogP contribution >= 0.6 is 11.6 Å². The third-order valence-corrected chi connectivity index (χ3v) is 6.52. The smallest absolute Gasteiger partial charge is 0.240 e. The van der Waals surface area contributed by atoms with Crippen LogP contribution in [0.25, 0.3) is 11.2 Å². The molecule has 2 aromatic carbocycles. The Kier molecular flexibility index (Phi) is 6.22. The van der Waals surface area contributed by atoms with Gasteiger partial charge < -0.3 is 9.30 Å². The van der Waals surface area contributed by atoms with Crippen molar-refractivity contribution < 1.29 is 13.2 Å². The number of hydrogen-bond donors (Lipinski definition) is 1. The van der Waals surface area contributed by atoms with E-state index in [1.54, 1.807) is 24.4 Å². The molecule has 160 valence electrons. The number of nitrogens with zero attached hydrogens (tertiary/aromatic N) is 3. The summed E-state index contributed by atoms with van der Waals surface area (Å²) >= 11 is 6.33. The summed E-state index contributed by atoms with van der Waals surface area (Å²) < 4.78 is 35.5. The van der Waals surface area contributed by atoms with Crippen LogP contribution in [-0.4, -0.2) is 29.6 Å². The zero-order valence-corrected chi connectivity index (χ0v) is 18.4. The highest BCUT2D eigenvalue weighted by Gasteiger charge is 2.18. The van der Waals surface area contributed by atoms with Gasteiger partial charge in [-0.25, -0.2) is 23.1 Å². The van der Waals surface area contributed by atoms with Crippen LogP contribution in [0.4, 0.5) is 0 Å². The summed E-state index contributed by atoms with van der Waals surface area (Å²) in [7, 11) is -3.73. The molecule has 9 heteroatoms. The highest BCUT2D eigenvalue weighted by Crippen LogP contribution is 2.21. The number of rotatable bonds is 8. The summed E-state index contributed by atoms with van der Waals surface area (Å²) in [4.78, 5) is 9.16. The number of ether oxygens (including phenoxy) is 1. The summed E-state index contributed by atoms with van der Waals surface area (Å²) in [6.07, 6.45) is 1.68. The molecule has 4 rings (SSSR count). The maximum absolute atomic E-state index is 12.8. The Morgan fingerprint density at radius 2 is 1.84 bits per heavy atom. The minimum Gasteiger partial charge on any atom is -0.494 e. The van der Waals surface area contributed by atoms with Gasteiger partial charge in [-0.1, -0.05) is 29.8 Å². The lowest BCUT2D eigenvalue weighted by atomic mass is 10.2. The molecule has 0 saturated heterocycles. The first-order valence-corrected chi connectivity index (χ1v) is 11.6. The van der Waals surface area contributed by atoms with E-state index in [0.717, 1.165) is 5.56 Å². The molecule has 0 saturated carbocycles. The normalized spacial score (nSPS) is 11.7. The van der Waals surface area contributed by atoms with Crippen molar-refractivity contribution in [3.8, 4) is 5.75 Å². The first-order valence-electron chi connectivity index (χ1n) is 9.74. The molecule has 0 amide bonds. The quantitative estimate of drug-likeness (QED) is 0.433. The van der Waals surface area contributed by atoms with E-state index in [4.69, 9.17) is 16.3 Å². The van der Waals surface area contributed by atoms with Gasteiger partial charge in [-0.2, -0.15) is 0 Å². The predicted octanol–water partition coefficient (Wildman–Crippen LogP) is 4.01. The molecule has 0 atom stereocenters. The lowest BCUT2D eigenvalue weighted by molar-refractivity contribution is 0.340. The molecule has 1 N–H and O–H groups in total. The van der Waals surface area contributed by atoms with Gasteiger partial charge in [0, 0.05) is 11.2 Å². The van der Waals surface area contributed by atoms with Crippen LogP contribution in [0.1, 0.15) is 18.3 Å². The largest absolute Gasteiger partial charge is 0.494 e. The van der Waals surface area contributed by atoms with Gasteiger partial charge in [0.25, 0.3) is 0 Å². The number of fused-ring (bicyclic) bond motifs is 1. The van der Waals surface area contributed by atoms with E-state index >= 15 is 0 Å². The van der Waals surface area contributed by atoms with Gasteiger partial charge in [-0.05, 0) is 55.0 Å². The average Bonchev–Trinajstić information content (AvgIpc) is 3.12. The third-order valence-electron chi connectivity index (χ3n) is 4.73. The fraction of sp³-hybridized carbons (Fsp3) is 0.182. The molecule has 31 heavy (non-hydrogen) atoms. The molecule has 0 unspecified atom stereocenters. The van der Waals surface area contributed by atoms with Gasteiger partial charge in [-0.3, -0.25) is 0 Å². The number of imidazole rings is 1. The van der Waals surface area contributed by atoms with Gasteiger partial charge in [0.1, 0.15) is 17.1 Å². The van der Waals surface area contributed by atoms with Crippen molar-refractivity contribution in [3.05, 3.63) is 83.3 Å². The monoisotopic (exact) mass is 456 g/mol. The van der Waals surface area contributed by atoms with Gasteiger partial charge in [0.05, 0.1) is 24.6 Å². The molecule has 0 aliphatic heterocycles. The van der Waals surface area contributed by atoms with Gasteiger partial charge in [0.15, 0.2) is 5.65 Å². The second-order valence-corrected chi connectivity index (χ2v) is 8.95. The van der Waals surface area contributed by atoms with E-state index in [1.165, 1.54) is 12.1 Å². The zero-order valence-electron chi connectivity index (χ0n) is 16.8. The molecular weight excluding hydrogens is 436 g/mol. The fourth-order valence-corrected chi connectivity index (χ4v) is 4.40. The number of sulfonamides is 1. The molecule has 2 heterocycles. The van der Waals surface area contributed by atoms with Crippen LogP contribution in [0.3, 0.4) is 0 Å². The van der Waals surface area contributed by atoms with Crippen LogP contribution in [0, 0.1) is 0 Å². The number of nitrogens with one attached hydrogen (secondary N) is 1. The Bertz CT molecular complexity index is 1300. The molecule has 0 fully saturated rings. The molecule has 4 aromatic rings. The standard InChI is InChI=1S/C22H21ClN4O3S/c1-2-30-17-9-11-18(12-10-17)31(28,29)25-14-21-26-20-8-5-13-24-22(20)27(21)15-16-6-3-4-7-19(16)23/h3-13,25H,2,14-15H2,1H3. The Labute approximate surface area is 185 Å². The summed E-state index contributed by atoms with van der Waals surface area (Å²) in [5.74, 6) is 1.16. The average molecular weight is 457 g/mol. The maximum Gasteiger partial charge on any atom is 0.240 e. The molecule has 0 aliphatic carbocycles. The predicted molar refractivity (Wildman–Crippen MR) is 120 cm³/mol. The number of pyridine rings is 1. The van der Waals surface area contributed by atoms with Crippen LogP contribution in [0.2, 0.25) is 5.02 Å². The van der Waals surface area contributed by atoms with Crippen molar-refractivity contribution in [2.75, 3.05) is 6.61 Å². The number of hydrogen-bond acceptors (Lipinski definition) is 5. The van der Waals surface area contributed by atoms with Crippen molar-refractivity contribution in [2.24, 2.45) is 0 Å². The maximum atomic E-state index is 12.8. The molecular formula is C22H21ClN4O3S. The van der Waals surface area contributed by atoms with Crippen LogP contribution in [-0.2, 0) is 23.1 Å². The lowest BCUT2D eigenvalue weighted by Crippen LogP contribution is -2.25. The SMILES string of the molecule is CCOc1ccc(S(=O)(=O)NCc2nc3cccnc3n2Cc2ccccc2Cl)cc1. The Morgan fingerprint density at radius 3 is 2.58 bits per heavy atom. The molecule has 0 spiro atoms. The van der Waals surface area contributed by atoms with E-state index in [-0.39, 0.29) is 11.4 Å². The first kappa shape index (κ1) is 21.3. The molecule has 0 radical (unpaired) electrons. The molecule has 0 aliphatic rings. The summed E-state index contributed by atoms with van der Waals surface area (Å²) in [6, 6.07) is 17.4. The number of aromatic nitrogens is 3.